The molecule has 11 heteroatoms. The van der Waals surface area contributed by atoms with Crippen LogP contribution in [0.1, 0.15) is 13.8 Å². The molecule has 0 aliphatic carbocycles. The molecule has 2 amide bonds. The maximum Gasteiger partial charge on any atom is 0.411 e. The van der Waals surface area contributed by atoms with Crippen LogP contribution in [0.5, 0.6) is 0 Å². The zero-order valence-corrected chi connectivity index (χ0v) is 20.9. The van der Waals surface area contributed by atoms with E-state index in [1.807, 2.05) is 0 Å². The van der Waals surface area contributed by atoms with E-state index in [1.165, 1.54) is 51.3 Å². The number of hydrogen-bond acceptors (Lipinski definition) is 6. The van der Waals surface area contributed by atoms with Crippen LogP contribution >= 0.6 is 0 Å². The van der Waals surface area contributed by atoms with Crippen LogP contribution in [0, 0.1) is 5.41 Å². The molecule has 0 radical (unpaired) electrons. The Kier molecular flexibility index (Phi) is 8.49. The first-order chi connectivity index (χ1) is 17.1. The summed E-state index contributed by atoms with van der Waals surface area (Å²) in [5, 5.41) is 6.14. The minimum Gasteiger partial charge on any atom is -0.447 e. The fraction of sp³-hybridized carbons (Fsp3) is 0.280. The molecule has 0 atom stereocenters. The summed E-state index contributed by atoms with van der Waals surface area (Å²) in [5.41, 5.74) is -0.111. The van der Waals surface area contributed by atoms with E-state index in [0.29, 0.717) is 22.1 Å². The second-order valence-electron chi connectivity index (χ2n) is 8.57. The van der Waals surface area contributed by atoms with Crippen molar-refractivity contribution >= 4 is 49.9 Å². The van der Waals surface area contributed by atoms with Gasteiger partial charge in [-0.25, -0.2) is 17.6 Å². The number of benzene rings is 3. The summed E-state index contributed by atoms with van der Waals surface area (Å²) in [6.45, 7) is 2.49. The lowest BCUT2D eigenvalue weighted by molar-refractivity contribution is -0.124. The Labute approximate surface area is 209 Å². The Balaban J connectivity index is 1.80. The van der Waals surface area contributed by atoms with Crippen LogP contribution in [0.15, 0.2) is 65.6 Å². The highest BCUT2D eigenvalue weighted by atomic mass is 32.2. The molecule has 9 nitrogen and oxygen atoms in total. The Morgan fingerprint density at radius 3 is 2.19 bits per heavy atom. The molecule has 0 saturated heterocycles. The maximum absolute atomic E-state index is 13.2. The average molecular weight is 518 g/mol. The van der Waals surface area contributed by atoms with Gasteiger partial charge in [-0.3, -0.25) is 14.8 Å². The number of carbonyl (C=O) groups is 2. The van der Waals surface area contributed by atoms with Crippen molar-refractivity contribution in [2.75, 3.05) is 42.4 Å². The van der Waals surface area contributed by atoms with Gasteiger partial charge >= 0.3 is 6.09 Å². The molecular weight excluding hydrogens is 489 g/mol. The monoisotopic (exact) mass is 517 g/mol. The SMILES string of the molecule is COCCOC(=O)Nc1cccc2c(S(=O)(=O)Nc3ccc(NC(=O)C(C)(C)CF)cc3)cccc12. The zero-order chi connectivity index (χ0) is 26.3. The van der Waals surface area contributed by atoms with Crippen LogP contribution < -0.4 is 15.4 Å². The lowest BCUT2D eigenvalue weighted by atomic mass is 9.94. The van der Waals surface area contributed by atoms with E-state index in [-0.39, 0.29) is 23.8 Å². The van der Waals surface area contributed by atoms with Gasteiger partial charge in [-0.15, -0.1) is 0 Å². The third-order valence-electron chi connectivity index (χ3n) is 5.27. The van der Waals surface area contributed by atoms with Crippen LogP contribution in [-0.2, 0) is 24.3 Å². The van der Waals surface area contributed by atoms with E-state index in [0.717, 1.165) is 0 Å². The Hall–Kier alpha value is -3.70. The molecule has 3 rings (SSSR count). The molecule has 3 aromatic rings. The highest BCUT2D eigenvalue weighted by Crippen LogP contribution is 2.30. The lowest BCUT2D eigenvalue weighted by Gasteiger charge is -2.19. The number of fused-ring (bicyclic) bond motifs is 1. The number of rotatable bonds is 10. The van der Waals surface area contributed by atoms with Gasteiger partial charge in [0, 0.05) is 29.3 Å². The minimum atomic E-state index is -4.01. The maximum atomic E-state index is 13.2. The first-order valence-electron chi connectivity index (χ1n) is 11.0. The van der Waals surface area contributed by atoms with E-state index >= 15 is 0 Å². The first kappa shape index (κ1) is 26.9. The van der Waals surface area contributed by atoms with Crippen molar-refractivity contribution in [2.45, 2.75) is 18.7 Å². The zero-order valence-electron chi connectivity index (χ0n) is 20.1. The van der Waals surface area contributed by atoms with Crippen LogP contribution in [0.25, 0.3) is 10.8 Å². The third kappa shape index (κ3) is 6.49. The summed E-state index contributed by atoms with van der Waals surface area (Å²) in [6.07, 6.45) is -0.687. The fourth-order valence-corrected chi connectivity index (χ4v) is 4.46. The van der Waals surface area contributed by atoms with Crippen LogP contribution in [0.4, 0.5) is 26.2 Å². The van der Waals surface area contributed by atoms with Gasteiger partial charge in [0.05, 0.1) is 22.6 Å². The predicted octanol–water partition coefficient (Wildman–Crippen LogP) is 4.77. The van der Waals surface area contributed by atoms with E-state index < -0.39 is 34.1 Å². The highest BCUT2D eigenvalue weighted by molar-refractivity contribution is 7.93. The molecule has 192 valence electrons. The third-order valence-corrected chi connectivity index (χ3v) is 6.71. The van der Waals surface area contributed by atoms with Gasteiger partial charge in [0.15, 0.2) is 0 Å². The van der Waals surface area contributed by atoms with Crippen molar-refractivity contribution in [3.05, 3.63) is 60.7 Å². The fourth-order valence-electron chi connectivity index (χ4n) is 3.18. The molecular formula is C25H28FN3O6S. The molecule has 0 bridgehead atoms. The molecule has 0 heterocycles. The van der Waals surface area contributed by atoms with Crippen LogP contribution in [0.3, 0.4) is 0 Å². The number of nitrogens with one attached hydrogen (secondary N) is 3. The molecule has 0 saturated carbocycles. The van der Waals surface area contributed by atoms with Gasteiger partial charge in [0.25, 0.3) is 10.0 Å². The van der Waals surface area contributed by atoms with Gasteiger partial charge in [-0.05, 0) is 50.2 Å². The second kappa shape index (κ2) is 11.4. The van der Waals surface area contributed by atoms with Crippen molar-refractivity contribution in [1.29, 1.82) is 0 Å². The summed E-state index contributed by atoms with van der Waals surface area (Å²) >= 11 is 0. The number of carbonyl (C=O) groups excluding carboxylic acids is 2. The second-order valence-corrected chi connectivity index (χ2v) is 10.2. The Bertz CT molecular complexity index is 1340. The van der Waals surface area contributed by atoms with Gasteiger partial charge in [0.1, 0.15) is 13.3 Å². The van der Waals surface area contributed by atoms with Crippen LogP contribution in [-0.4, -0.2) is 47.4 Å². The van der Waals surface area contributed by atoms with Crippen molar-refractivity contribution in [1.82, 2.24) is 0 Å². The summed E-state index contributed by atoms with van der Waals surface area (Å²) in [7, 11) is -2.52. The van der Waals surface area contributed by atoms with E-state index in [2.05, 4.69) is 15.4 Å². The molecule has 0 unspecified atom stereocenters. The minimum absolute atomic E-state index is 0.0125. The molecule has 3 aromatic carbocycles. The number of alkyl halides is 1. The highest BCUT2D eigenvalue weighted by Gasteiger charge is 2.27. The molecule has 0 fully saturated rings. The van der Waals surface area contributed by atoms with Gasteiger partial charge in [-0.2, -0.15) is 0 Å². The van der Waals surface area contributed by atoms with Crippen molar-refractivity contribution in [3.63, 3.8) is 0 Å². The van der Waals surface area contributed by atoms with Crippen LogP contribution in [0.2, 0.25) is 0 Å². The molecule has 0 aliphatic rings. The van der Waals surface area contributed by atoms with Crippen molar-refractivity contribution in [3.8, 4) is 0 Å². The first-order valence-corrected chi connectivity index (χ1v) is 12.5. The number of methoxy groups -OCH3 is 1. The Morgan fingerprint density at radius 1 is 0.889 bits per heavy atom. The molecule has 0 aromatic heterocycles. The normalized spacial score (nSPS) is 11.7. The molecule has 3 N–H and O–H groups in total. The topological polar surface area (TPSA) is 123 Å². The van der Waals surface area contributed by atoms with Crippen molar-refractivity contribution < 1.29 is 31.9 Å². The number of anilines is 3. The van der Waals surface area contributed by atoms with E-state index in [9.17, 15) is 22.4 Å². The number of halogens is 1. The summed E-state index contributed by atoms with van der Waals surface area (Å²) in [5.74, 6) is -0.485. The number of ether oxygens (including phenoxy) is 2. The van der Waals surface area contributed by atoms with Gasteiger partial charge in [0.2, 0.25) is 5.91 Å². The van der Waals surface area contributed by atoms with E-state index in [1.54, 1.807) is 30.3 Å². The summed E-state index contributed by atoms with van der Waals surface area (Å²) in [6, 6.07) is 15.6. The Morgan fingerprint density at radius 2 is 1.53 bits per heavy atom. The number of amides is 2. The van der Waals surface area contributed by atoms with Crippen molar-refractivity contribution in [2.24, 2.45) is 5.41 Å². The van der Waals surface area contributed by atoms with Gasteiger partial charge in [-0.1, -0.05) is 24.3 Å². The largest absolute Gasteiger partial charge is 0.447 e. The summed E-state index contributed by atoms with van der Waals surface area (Å²) in [4.78, 5) is 24.2. The lowest BCUT2D eigenvalue weighted by Crippen LogP contribution is -2.32. The standard InChI is InChI=1S/C25H28FN3O6S/c1-25(2,16-26)23(30)27-17-10-12-18(13-11-17)29-36(32,33)22-9-5-6-19-20(22)7-4-8-21(19)28-24(31)35-15-14-34-3/h4-13,29H,14-16H2,1-3H3,(H,27,30)(H,28,31). The molecule has 0 aliphatic heterocycles. The molecule has 36 heavy (non-hydrogen) atoms. The number of sulfonamides is 1. The van der Waals surface area contributed by atoms with Gasteiger partial charge < -0.3 is 14.8 Å². The average Bonchev–Trinajstić information content (AvgIpc) is 2.85. The number of hydrogen-bond donors (Lipinski definition) is 3. The smallest absolute Gasteiger partial charge is 0.411 e. The quantitative estimate of drug-likeness (QED) is 0.333. The summed E-state index contributed by atoms with van der Waals surface area (Å²) < 4.78 is 51.8. The predicted molar refractivity (Wildman–Crippen MR) is 136 cm³/mol. The molecule has 0 spiro atoms. The van der Waals surface area contributed by atoms with E-state index in [4.69, 9.17) is 9.47 Å².